The Hall–Kier alpha value is -3.96. The fraction of sp³-hybridized carbons (Fsp3) is 0.378. The van der Waals surface area contributed by atoms with E-state index in [2.05, 4.69) is 4.98 Å². The molecular formula is C37H40F4N4O2S. The number of rotatable bonds is 13. The number of hydrogen-bond acceptors (Lipinski definition) is 5. The lowest BCUT2D eigenvalue weighted by Crippen LogP contribution is -2.40. The maximum Gasteiger partial charge on any atom is 0.416 e. The molecule has 1 aromatic heterocycles. The predicted molar refractivity (Wildman–Crippen MR) is 181 cm³/mol. The van der Waals surface area contributed by atoms with Crippen LogP contribution in [-0.2, 0) is 42.5 Å². The molecule has 0 saturated carbocycles. The summed E-state index contributed by atoms with van der Waals surface area (Å²) in [5.41, 5.74) is -12.1. The molecule has 48 heavy (non-hydrogen) atoms. The van der Waals surface area contributed by atoms with Crippen LogP contribution in [0.15, 0.2) is 76.5 Å². The number of likely N-dealkylation sites (N-methyl/N-ethyl adjacent to an activating group) is 1. The van der Waals surface area contributed by atoms with Gasteiger partial charge < -0.3 is 14.4 Å². The van der Waals surface area contributed by atoms with E-state index in [0.29, 0.717) is 22.6 Å². The van der Waals surface area contributed by atoms with Crippen molar-refractivity contribution >= 4 is 17.7 Å². The molecule has 1 aliphatic rings. The number of halogens is 4. The Morgan fingerprint density at radius 3 is 2.38 bits per heavy atom. The molecule has 254 valence electrons. The first-order valence-electron chi connectivity index (χ1n) is 23.1. The molecule has 0 bridgehead atoms. The van der Waals surface area contributed by atoms with Crippen LogP contribution < -0.4 is 5.56 Å². The first kappa shape index (κ1) is 19.3. The zero-order valence-corrected chi connectivity index (χ0v) is 26.7. The quantitative estimate of drug-likeness (QED) is 0.0822. The minimum atomic E-state index is -5.19. The molecule has 11 heteroatoms. The SMILES string of the molecule is [2H]c1c([2H])c(C([2H])([2H])N(CCN(CC)CC)C(=O)Cn2c(SC([2H])([2H])c3ccc(F)cc3)nc(=O)c3c2C([2H])([2H])C([2H])([2H])C3([2H])[2H])c([2H])c([2H])c1-c1c([2H])c([2H])c(C(F)(F)F)c(C)c1[2H]. The maximum absolute atomic E-state index is 14.8. The molecule has 5 rings (SSSR count). The molecule has 1 amide bonds. The molecule has 1 heterocycles. The smallest absolute Gasteiger partial charge is 0.336 e. The van der Waals surface area contributed by atoms with Gasteiger partial charge in [-0.25, -0.2) is 4.39 Å². The van der Waals surface area contributed by atoms with Crippen molar-refractivity contribution in [2.75, 3.05) is 26.2 Å². The van der Waals surface area contributed by atoms with Crippen molar-refractivity contribution in [1.82, 2.24) is 19.4 Å². The van der Waals surface area contributed by atoms with E-state index in [1.54, 1.807) is 18.7 Å². The highest BCUT2D eigenvalue weighted by Gasteiger charge is 2.32. The van der Waals surface area contributed by atoms with Crippen LogP contribution in [0.1, 0.15) is 77.0 Å². The molecule has 0 fully saturated rings. The van der Waals surface area contributed by atoms with Gasteiger partial charge >= 0.3 is 6.18 Å². The molecule has 0 aliphatic heterocycles. The molecule has 0 saturated heterocycles. The van der Waals surface area contributed by atoms with Gasteiger partial charge in [0, 0.05) is 47.5 Å². The number of amides is 1. The molecule has 0 unspecified atom stereocenters. The number of benzene rings is 3. The van der Waals surface area contributed by atoms with Gasteiger partial charge in [0.25, 0.3) is 5.56 Å². The van der Waals surface area contributed by atoms with E-state index in [0.717, 1.165) is 31.2 Å². The van der Waals surface area contributed by atoms with Gasteiger partial charge in [0.15, 0.2) is 5.16 Å². The average molecular weight is 698 g/mol. The highest BCUT2D eigenvalue weighted by atomic mass is 32.2. The second kappa shape index (κ2) is 15.5. The van der Waals surface area contributed by atoms with Crippen LogP contribution in [0, 0.1) is 12.7 Å². The number of alkyl halides is 3. The van der Waals surface area contributed by atoms with E-state index in [-0.39, 0.29) is 23.9 Å². The van der Waals surface area contributed by atoms with Crippen LogP contribution in [0.2, 0.25) is 0 Å². The predicted octanol–water partition coefficient (Wildman–Crippen LogP) is 7.53. The third-order valence-electron chi connectivity index (χ3n) is 7.16. The van der Waals surface area contributed by atoms with Crippen LogP contribution in [0.4, 0.5) is 17.6 Å². The molecule has 0 atom stereocenters. The Kier molecular flexibility index (Phi) is 6.23. The summed E-state index contributed by atoms with van der Waals surface area (Å²) in [7, 11) is 0. The number of aromatic nitrogens is 2. The van der Waals surface area contributed by atoms with E-state index < -0.39 is 154 Å². The number of carbonyl (C=O) groups is 1. The Bertz CT molecular complexity index is 2570. The average Bonchev–Trinajstić information content (AvgIpc) is 3.30. The number of carbonyl (C=O) groups excluding carboxylic acids is 1. The van der Waals surface area contributed by atoms with Crippen molar-refractivity contribution in [3.05, 3.63) is 116 Å². The first-order valence-corrected chi connectivity index (χ1v) is 15.4. The fourth-order valence-electron chi connectivity index (χ4n) is 4.56. The van der Waals surface area contributed by atoms with Gasteiger partial charge in [0.2, 0.25) is 5.91 Å². The van der Waals surface area contributed by atoms with Crippen LogP contribution >= 0.6 is 11.8 Å². The van der Waals surface area contributed by atoms with Crippen LogP contribution in [-0.4, -0.2) is 51.4 Å². The molecule has 6 nitrogen and oxygen atoms in total. The minimum Gasteiger partial charge on any atom is -0.336 e. The van der Waals surface area contributed by atoms with Crippen LogP contribution in [0.3, 0.4) is 0 Å². The van der Waals surface area contributed by atoms with Crippen molar-refractivity contribution in [2.24, 2.45) is 0 Å². The molecule has 4 aromatic rings. The lowest BCUT2D eigenvalue weighted by molar-refractivity contribution is -0.138. The zero-order chi connectivity index (χ0) is 49.5. The molecule has 1 aliphatic carbocycles. The van der Waals surface area contributed by atoms with Crippen molar-refractivity contribution in [2.45, 2.75) is 70.0 Å². The third-order valence-corrected chi connectivity index (χ3v) is 7.99. The first-order chi connectivity index (χ1) is 29.7. The topological polar surface area (TPSA) is 58.4 Å². The third kappa shape index (κ3) is 8.54. The fourth-order valence-corrected chi connectivity index (χ4v) is 5.30. The lowest BCUT2D eigenvalue weighted by Gasteiger charge is -2.28. The van der Waals surface area contributed by atoms with Gasteiger partial charge in [-0.3, -0.25) is 9.59 Å². The summed E-state index contributed by atoms with van der Waals surface area (Å²) in [5.74, 6) is -2.16. The largest absolute Gasteiger partial charge is 0.416 e. The Morgan fingerprint density at radius 2 is 1.71 bits per heavy atom. The number of fused-ring (bicyclic) bond motifs is 1. The summed E-state index contributed by atoms with van der Waals surface area (Å²) in [6.07, 6.45) is -15.6. The van der Waals surface area contributed by atoms with Crippen molar-refractivity contribution < 1.29 is 45.7 Å². The molecular weight excluding hydrogens is 640 g/mol. The van der Waals surface area contributed by atoms with Gasteiger partial charge in [-0.1, -0.05) is 74.0 Å². The minimum absolute atomic E-state index is 0.0729. The second-order valence-corrected chi connectivity index (χ2v) is 11.1. The molecule has 0 radical (unpaired) electrons. The second-order valence-electron chi connectivity index (χ2n) is 10.3. The zero-order valence-electron chi connectivity index (χ0n) is 42.9. The number of hydrogen-bond donors (Lipinski definition) is 0. The van der Waals surface area contributed by atoms with Crippen LogP contribution in [0.5, 0.6) is 0 Å². The van der Waals surface area contributed by atoms with E-state index in [4.69, 9.17) is 20.6 Å². The summed E-state index contributed by atoms with van der Waals surface area (Å²) < 4.78 is 204. The van der Waals surface area contributed by atoms with Gasteiger partial charge in [0.05, 0.1) is 17.9 Å². The summed E-state index contributed by atoms with van der Waals surface area (Å²) in [4.78, 5) is 34.3. The van der Waals surface area contributed by atoms with Gasteiger partial charge in [0.1, 0.15) is 12.4 Å². The van der Waals surface area contributed by atoms with Gasteiger partial charge in [-0.2, -0.15) is 18.2 Å². The Balaban J connectivity index is 1.77. The Morgan fingerprint density at radius 1 is 1.02 bits per heavy atom. The van der Waals surface area contributed by atoms with E-state index in [1.165, 1.54) is 0 Å². The van der Waals surface area contributed by atoms with E-state index in [1.807, 2.05) is 0 Å². The lowest BCUT2D eigenvalue weighted by atomic mass is 9.98. The van der Waals surface area contributed by atoms with Crippen molar-refractivity contribution in [3.8, 4) is 11.1 Å². The van der Waals surface area contributed by atoms with Crippen LogP contribution in [0.25, 0.3) is 11.1 Å². The van der Waals surface area contributed by atoms with E-state index >= 15 is 0 Å². The van der Waals surface area contributed by atoms with Crippen molar-refractivity contribution in [3.63, 3.8) is 0 Å². The highest BCUT2D eigenvalue weighted by Crippen LogP contribution is 2.34. The standard InChI is InChI=1S/C37H40F4N4O2S/c1-4-43(5-2)19-20-44(22-26-9-13-28(14-10-26)29-15-18-32(25(3)21-29)37(39,40)41)34(46)23-45-33-8-6-7-31(33)35(47)42-36(45)48-24-27-11-16-30(38)17-12-27/h9-18,21H,4-8,19-20,22-24H2,1-3H3/i6D2,7D2,8D2,9D,10D,13D,14D,15D,18D,21D,22D2,24D2. The normalized spacial score (nSPS) is 21.7. The summed E-state index contributed by atoms with van der Waals surface area (Å²) in [5, 5.41) is -0.829. The summed E-state index contributed by atoms with van der Waals surface area (Å²) in [6.45, 7) is -0.666. The number of nitrogens with zero attached hydrogens (tertiary/aromatic N) is 4. The van der Waals surface area contributed by atoms with E-state index in [9.17, 15) is 29.9 Å². The number of thioether (sulfide) groups is 1. The highest BCUT2D eigenvalue weighted by molar-refractivity contribution is 7.98. The monoisotopic (exact) mass is 697 g/mol. The summed E-state index contributed by atoms with van der Waals surface area (Å²) >= 11 is 0.0729. The molecule has 0 N–H and O–H groups in total. The Labute approximate surface area is 306 Å². The molecule has 3 aromatic carbocycles. The van der Waals surface area contributed by atoms with Gasteiger partial charge in [-0.05, 0) is 85.1 Å². The maximum atomic E-state index is 14.8. The summed E-state index contributed by atoms with van der Waals surface area (Å²) in [6, 6.07) is -4.64. The molecule has 0 spiro atoms. The van der Waals surface area contributed by atoms with Crippen molar-refractivity contribution in [1.29, 1.82) is 0 Å². The van der Waals surface area contributed by atoms with Gasteiger partial charge in [-0.15, -0.1) is 0 Å².